The number of nitrogens with two attached hydrogens (primary N) is 1. The summed E-state index contributed by atoms with van der Waals surface area (Å²) >= 11 is 0. The fourth-order valence-electron chi connectivity index (χ4n) is 2.19. The monoisotopic (exact) mass is 313 g/mol. The first-order valence-corrected chi connectivity index (χ1v) is 8.23. The van der Waals surface area contributed by atoms with Gasteiger partial charge >= 0.3 is 6.03 Å². The Morgan fingerprint density at radius 3 is 2.57 bits per heavy atom. The van der Waals surface area contributed by atoms with Crippen molar-refractivity contribution in [2.75, 3.05) is 11.9 Å². The summed E-state index contributed by atoms with van der Waals surface area (Å²) in [5.74, 6) is 0. The van der Waals surface area contributed by atoms with E-state index >= 15 is 0 Å². The number of ether oxygens (including phenoxy) is 1. The highest BCUT2D eigenvalue weighted by Gasteiger charge is 2.23. The molecule has 2 amide bonds. The Morgan fingerprint density at radius 2 is 2.05 bits per heavy atom. The van der Waals surface area contributed by atoms with Crippen LogP contribution in [0.25, 0.3) is 0 Å². The van der Waals surface area contributed by atoms with E-state index in [2.05, 4.69) is 10.6 Å². The minimum Gasteiger partial charge on any atom is -0.376 e. The van der Waals surface area contributed by atoms with Crippen LogP contribution in [0.3, 0.4) is 0 Å². The summed E-state index contributed by atoms with van der Waals surface area (Å²) in [6, 6.07) is 5.20. The van der Waals surface area contributed by atoms with Crippen molar-refractivity contribution in [1.82, 2.24) is 5.32 Å². The molecule has 1 saturated heterocycles. The molecular weight excluding hydrogens is 294 g/mol. The van der Waals surface area contributed by atoms with Crippen LogP contribution in [0.4, 0.5) is 10.5 Å². The molecular formula is C13H19N3O4S. The number of urea groups is 1. The Kier molecular flexibility index (Phi) is 4.81. The average Bonchev–Trinajstić information content (AvgIpc) is 2.92. The number of primary sulfonamides is 1. The SMILES string of the molecule is C[C@@H](NC(=O)Nc1ccc(S(N)(=O)=O)cc1)[C@@H]1CCCO1. The first-order chi connectivity index (χ1) is 9.86. The topological polar surface area (TPSA) is 111 Å². The number of hydrogen-bond donors (Lipinski definition) is 3. The van der Waals surface area contributed by atoms with Gasteiger partial charge in [0.25, 0.3) is 0 Å². The van der Waals surface area contributed by atoms with E-state index in [4.69, 9.17) is 9.88 Å². The maximum absolute atomic E-state index is 11.8. The molecule has 0 unspecified atom stereocenters. The average molecular weight is 313 g/mol. The van der Waals surface area contributed by atoms with Gasteiger partial charge in [-0.2, -0.15) is 0 Å². The predicted molar refractivity (Wildman–Crippen MR) is 78.4 cm³/mol. The lowest BCUT2D eigenvalue weighted by molar-refractivity contribution is 0.0868. The number of hydrogen-bond acceptors (Lipinski definition) is 4. The van der Waals surface area contributed by atoms with Crippen LogP contribution in [0, 0.1) is 0 Å². The van der Waals surface area contributed by atoms with Crippen LogP contribution in [0.15, 0.2) is 29.2 Å². The number of carbonyl (C=O) groups excluding carboxylic acids is 1. The minimum atomic E-state index is -3.72. The van der Waals surface area contributed by atoms with Gasteiger partial charge in [-0.3, -0.25) is 0 Å². The maximum atomic E-state index is 11.8. The first-order valence-electron chi connectivity index (χ1n) is 6.68. The van der Waals surface area contributed by atoms with Crippen molar-refractivity contribution in [3.05, 3.63) is 24.3 Å². The Balaban J connectivity index is 1.90. The molecule has 0 radical (unpaired) electrons. The molecule has 21 heavy (non-hydrogen) atoms. The third-order valence-corrected chi connectivity index (χ3v) is 4.25. The van der Waals surface area contributed by atoms with E-state index in [1.807, 2.05) is 6.92 Å². The van der Waals surface area contributed by atoms with E-state index in [0.717, 1.165) is 19.4 Å². The van der Waals surface area contributed by atoms with E-state index < -0.39 is 10.0 Å². The van der Waals surface area contributed by atoms with Gasteiger partial charge in [0.05, 0.1) is 17.0 Å². The van der Waals surface area contributed by atoms with Gasteiger partial charge < -0.3 is 15.4 Å². The van der Waals surface area contributed by atoms with Crippen molar-refractivity contribution in [2.45, 2.75) is 36.8 Å². The highest BCUT2D eigenvalue weighted by molar-refractivity contribution is 7.89. The molecule has 0 aliphatic carbocycles. The fraction of sp³-hybridized carbons (Fsp3) is 0.462. The van der Waals surface area contributed by atoms with E-state index in [1.165, 1.54) is 24.3 Å². The van der Waals surface area contributed by atoms with Crippen molar-refractivity contribution in [3.63, 3.8) is 0 Å². The zero-order valence-corrected chi connectivity index (χ0v) is 12.5. The van der Waals surface area contributed by atoms with Crippen molar-refractivity contribution in [3.8, 4) is 0 Å². The first kappa shape index (κ1) is 15.7. The molecule has 116 valence electrons. The molecule has 0 aromatic heterocycles. The molecule has 1 aromatic rings. The highest BCUT2D eigenvalue weighted by Crippen LogP contribution is 2.16. The van der Waals surface area contributed by atoms with Crippen LogP contribution >= 0.6 is 0 Å². The molecule has 0 saturated carbocycles. The molecule has 1 aliphatic rings. The second-order valence-corrected chi connectivity index (χ2v) is 6.57. The van der Waals surface area contributed by atoms with E-state index in [1.54, 1.807) is 0 Å². The summed E-state index contributed by atoms with van der Waals surface area (Å²) in [6.45, 7) is 2.62. The lowest BCUT2D eigenvalue weighted by Crippen LogP contribution is -2.42. The van der Waals surface area contributed by atoms with Gasteiger partial charge in [-0.05, 0) is 44.0 Å². The van der Waals surface area contributed by atoms with Gasteiger partial charge in [-0.15, -0.1) is 0 Å². The van der Waals surface area contributed by atoms with E-state index in [0.29, 0.717) is 5.69 Å². The molecule has 4 N–H and O–H groups in total. The summed E-state index contributed by atoms with van der Waals surface area (Å²) < 4.78 is 27.7. The van der Waals surface area contributed by atoms with Crippen molar-refractivity contribution in [1.29, 1.82) is 0 Å². The summed E-state index contributed by atoms with van der Waals surface area (Å²) in [7, 11) is -3.72. The third kappa shape index (κ3) is 4.42. The molecule has 0 bridgehead atoms. The van der Waals surface area contributed by atoms with Crippen LogP contribution < -0.4 is 15.8 Å². The van der Waals surface area contributed by atoms with Crippen LogP contribution in [-0.2, 0) is 14.8 Å². The maximum Gasteiger partial charge on any atom is 0.319 e. The molecule has 1 aromatic carbocycles. The Hall–Kier alpha value is -1.64. The van der Waals surface area contributed by atoms with E-state index in [-0.39, 0.29) is 23.1 Å². The van der Waals surface area contributed by atoms with Gasteiger partial charge in [0.15, 0.2) is 0 Å². The van der Waals surface area contributed by atoms with Crippen molar-refractivity contribution < 1.29 is 17.9 Å². The quantitative estimate of drug-likeness (QED) is 0.770. The van der Waals surface area contributed by atoms with Gasteiger partial charge in [0.2, 0.25) is 10.0 Å². The summed E-state index contributed by atoms with van der Waals surface area (Å²) in [5.41, 5.74) is 0.486. The van der Waals surface area contributed by atoms with Crippen LogP contribution in [-0.4, -0.2) is 33.2 Å². The van der Waals surface area contributed by atoms with Gasteiger partial charge in [-0.1, -0.05) is 0 Å². The minimum absolute atomic E-state index is 0.00109. The largest absolute Gasteiger partial charge is 0.376 e. The predicted octanol–water partition coefficient (Wildman–Crippen LogP) is 1.02. The number of nitrogens with one attached hydrogen (secondary N) is 2. The second-order valence-electron chi connectivity index (χ2n) is 5.01. The van der Waals surface area contributed by atoms with Gasteiger partial charge in [0.1, 0.15) is 0 Å². The molecule has 1 fully saturated rings. The molecule has 1 aliphatic heterocycles. The Bertz CT molecular complexity index is 594. The normalized spacial score (nSPS) is 20.0. The number of amides is 2. The third-order valence-electron chi connectivity index (χ3n) is 3.32. The number of anilines is 1. The molecule has 0 spiro atoms. The molecule has 7 nitrogen and oxygen atoms in total. The molecule has 8 heteroatoms. The van der Waals surface area contributed by atoms with Gasteiger partial charge in [-0.25, -0.2) is 18.4 Å². The summed E-state index contributed by atoms with van der Waals surface area (Å²) in [4.78, 5) is 11.8. The zero-order valence-electron chi connectivity index (χ0n) is 11.7. The number of carbonyl (C=O) groups is 1. The molecule has 2 atom stereocenters. The second kappa shape index (κ2) is 6.42. The Labute approximate surface area is 123 Å². The number of rotatable bonds is 4. The van der Waals surface area contributed by atoms with E-state index in [9.17, 15) is 13.2 Å². The number of sulfonamides is 1. The van der Waals surface area contributed by atoms with Crippen LogP contribution in [0.2, 0.25) is 0 Å². The Morgan fingerprint density at radius 1 is 1.38 bits per heavy atom. The van der Waals surface area contributed by atoms with Crippen molar-refractivity contribution in [2.24, 2.45) is 5.14 Å². The summed E-state index contributed by atoms with van der Waals surface area (Å²) in [5, 5.41) is 10.4. The molecule has 1 heterocycles. The lowest BCUT2D eigenvalue weighted by atomic mass is 10.1. The smallest absolute Gasteiger partial charge is 0.319 e. The van der Waals surface area contributed by atoms with Crippen LogP contribution in [0.5, 0.6) is 0 Å². The zero-order chi connectivity index (χ0) is 15.5. The lowest BCUT2D eigenvalue weighted by Gasteiger charge is -2.20. The summed E-state index contributed by atoms with van der Waals surface area (Å²) in [6.07, 6.45) is 1.98. The highest BCUT2D eigenvalue weighted by atomic mass is 32.2. The standard InChI is InChI=1S/C13H19N3O4S/c1-9(12-3-2-8-20-12)15-13(17)16-10-4-6-11(7-5-10)21(14,18)19/h4-7,9,12H,2-3,8H2,1H3,(H2,14,18,19)(H2,15,16,17)/t9-,12+/m1/s1. The van der Waals surface area contributed by atoms with Crippen molar-refractivity contribution >= 4 is 21.7 Å². The molecule has 2 rings (SSSR count). The fourth-order valence-corrected chi connectivity index (χ4v) is 2.71. The van der Waals surface area contributed by atoms with Crippen LogP contribution in [0.1, 0.15) is 19.8 Å². The van der Waals surface area contributed by atoms with Gasteiger partial charge in [0, 0.05) is 12.3 Å². The number of benzene rings is 1.